The molecule has 0 aromatic rings. The summed E-state index contributed by atoms with van der Waals surface area (Å²) in [6.07, 6.45) is 71.1. The number of ether oxygens (including phenoxy) is 3. The van der Waals surface area contributed by atoms with Gasteiger partial charge in [-0.15, -0.1) is 0 Å². The molecule has 71 heavy (non-hydrogen) atoms. The quantitative estimate of drug-likeness (QED) is 0.0261. The zero-order chi connectivity index (χ0) is 51.4. The standard InChI is InChI=1S/C65H124O6/c1-4-7-10-13-16-18-20-22-24-26-28-30-31-32-33-35-36-38-40-42-44-46-49-52-55-58-64(67)70-61-62(60-69-63(66)57-54-51-48-15-12-9-6-3)71-65(68)59-56-53-50-47-45-43-41-39-37-34-29-27-25-23-21-19-17-14-11-8-5-2/h27,29,62H,4-26,28,30-61H2,1-3H3/b29-27-. The molecule has 0 aromatic heterocycles. The lowest BCUT2D eigenvalue weighted by Crippen LogP contribution is -2.30. The summed E-state index contributed by atoms with van der Waals surface area (Å²) in [5, 5.41) is 0. The molecule has 0 N–H and O–H groups in total. The van der Waals surface area contributed by atoms with Crippen LogP contribution in [0.5, 0.6) is 0 Å². The molecule has 1 atom stereocenters. The van der Waals surface area contributed by atoms with Crippen LogP contribution in [0.25, 0.3) is 0 Å². The van der Waals surface area contributed by atoms with Crippen molar-refractivity contribution in [2.45, 2.75) is 374 Å². The van der Waals surface area contributed by atoms with E-state index < -0.39 is 6.10 Å². The van der Waals surface area contributed by atoms with E-state index in [9.17, 15) is 14.4 Å². The SMILES string of the molecule is CCCCCCCCCC/C=C\CCCCCCCCCCCC(=O)OC(COC(=O)CCCCCCCCC)COC(=O)CCCCCCCCCCCCCCCCCCCCCCCCCCC. The number of hydrogen-bond donors (Lipinski definition) is 0. The second kappa shape index (κ2) is 60.7. The third-order valence-corrected chi connectivity index (χ3v) is 14.8. The van der Waals surface area contributed by atoms with E-state index in [4.69, 9.17) is 14.2 Å². The van der Waals surface area contributed by atoms with Crippen molar-refractivity contribution in [1.82, 2.24) is 0 Å². The van der Waals surface area contributed by atoms with Gasteiger partial charge in [-0.3, -0.25) is 14.4 Å². The van der Waals surface area contributed by atoms with Crippen LogP contribution in [0.15, 0.2) is 12.2 Å². The first-order valence-electron chi connectivity index (χ1n) is 32.2. The van der Waals surface area contributed by atoms with Gasteiger partial charge in [0.1, 0.15) is 13.2 Å². The fourth-order valence-electron chi connectivity index (χ4n) is 9.91. The highest BCUT2D eigenvalue weighted by atomic mass is 16.6. The molecule has 6 heteroatoms. The predicted octanol–water partition coefficient (Wildman–Crippen LogP) is 21.7. The van der Waals surface area contributed by atoms with Gasteiger partial charge in [0.15, 0.2) is 6.10 Å². The third-order valence-electron chi connectivity index (χ3n) is 14.8. The van der Waals surface area contributed by atoms with Crippen molar-refractivity contribution in [1.29, 1.82) is 0 Å². The Kier molecular flexibility index (Phi) is 59.1. The first-order chi connectivity index (χ1) is 35.0. The highest BCUT2D eigenvalue weighted by Gasteiger charge is 2.19. The molecule has 0 aliphatic heterocycles. The lowest BCUT2D eigenvalue weighted by Gasteiger charge is -2.18. The molecule has 0 aliphatic rings. The minimum absolute atomic E-state index is 0.0652. The van der Waals surface area contributed by atoms with Crippen LogP contribution in [0.2, 0.25) is 0 Å². The lowest BCUT2D eigenvalue weighted by molar-refractivity contribution is -0.167. The van der Waals surface area contributed by atoms with Crippen molar-refractivity contribution in [3.8, 4) is 0 Å². The first kappa shape index (κ1) is 69.2. The molecule has 0 saturated heterocycles. The average Bonchev–Trinajstić information content (AvgIpc) is 3.37. The Balaban J connectivity index is 4.06. The van der Waals surface area contributed by atoms with Crippen molar-refractivity contribution in [3.63, 3.8) is 0 Å². The smallest absolute Gasteiger partial charge is 0.306 e. The van der Waals surface area contributed by atoms with Crippen LogP contribution < -0.4 is 0 Å². The van der Waals surface area contributed by atoms with Gasteiger partial charge in [-0.05, 0) is 44.9 Å². The van der Waals surface area contributed by atoms with E-state index in [1.165, 1.54) is 270 Å². The second-order valence-electron chi connectivity index (χ2n) is 22.0. The first-order valence-corrected chi connectivity index (χ1v) is 32.2. The molecule has 0 fully saturated rings. The lowest BCUT2D eigenvalue weighted by atomic mass is 10.0. The molecule has 420 valence electrons. The van der Waals surface area contributed by atoms with E-state index in [-0.39, 0.29) is 31.1 Å². The maximum Gasteiger partial charge on any atom is 0.306 e. The topological polar surface area (TPSA) is 78.9 Å². The predicted molar refractivity (Wildman–Crippen MR) is 307 cm³/mol. The summed E-state index contributed by atoms with van der Waals surface area (Å²) in [4.78, 5) is 38.1. The Hall–Kier alpha value is -1.85. The molecule has 0 amide bonds. The molecule has 6 nitrogen and oxygen atoms in total. The van der Waals surface area contributed by atoms with E-state index in [0.717, 1.165) is 57.8 Å². The molecule has 0 bridgehead atoms. The maximum absolute atomic E-state index is 12.8. The van der Waals surface area contributed by atoms with E-state index in [0.29, 0.717) is 19.3 Å². The maximum atomic E-state index is 12.8. The van der Waals surface area contributed by atoms with Crippen LogP contribution in [-0.2, 0) is 28.6 Å². The summed E-state index contributed by atoms with van der Waals surface area (Å²) in [6.45, 7) is 6.67. The third kappa shape index (κ3) is 58.9. The monoisotopic (exact) mass is 1000 g/mol. The normalized spacial score (nSPS) is 12.0. The molecule has 0 aromatic carbocycles. The van der Waals surface area contributed by atoms with Crippen LogP contribution in [0, 0.1) is 0 Å². The summed E-state index contributed by atoms with van der Waals surface area (Å²) in [5.41, 5.74) is 0. The summed E-state index contributed by atoms with van der Waals surface area (Å²) in [7, 11) is 0. The van der Waals surface area contributed by atoms with E-state index >= 15 is 0 Å². The Bertz CT molecular complexity index is 1100. The minimum Gasteiger partial charge on any atom is -0.462 e. The van der Waals surface area contributed by atoms with Gasteiger partial charge in [0.25, 0.3) is 0 Å². The number of unbranched alkanes of at least 4 members (excludes halogenated alkanes) is 47. The van der Waals surface area contributed by atoms with Crippen LogP contribution in [0.4, 0.5) is 0 Å². The molecular weight excluding hydrogens is 877 g/mol. The summed E-state index contributed by atoms with van der Waals surface area (Å²) in [5.74, 6) is -0.848. The Morgan fingerprint density at radius 1 is 0.268 bits per heavy atom. The molecule has 1 unspecified atom stereocenters. The number of esters is 3. The molecule has 0 heterocycles. The fourth-order valence-corrected chi connectivity index (χ4v) is 9.91. The van der Waals surface area contributed by atoms with Crippen molar-refractivity contribution < 1.29 is 28.6 Å². The molecule has 0 radical (unpaired) electrons. The summed E-state index contributed by atoms with van der Waals surface area (Å²) in [6, 6.07) is 0. The van der Waals surface area contributed by atoms with E-state index in [1.807, 2.05) is 0 Å². The number of carbonyl (C=O) groups is 3. The number of hydrogen-bond acceptors (Lipinski definition) is 6. The van der Waals surface area contributed by atoms with Gasteiger partial charge in [0.2, 0.25) is 0 Å². The van der Waals surface area contributed by atoms with E-state index in [1.54, 1.807) is 0 Å². The average molecular weight is 1000 g/mol. The molecule has 0 saturated carbocycles. The van der Waals surface area contributed by atoms with Gasteiger partial charge >= 0.3 is 17.9 Å². The molecule has 0 rings (SSSR count). The number of carbonyl (C=O) groups excluding carboxylic acids is 3. The Morgan fingerprint density at radius 2 is 0.465 bits per heavy atom. The van der Waals surface area contributed by atoms with Crippen molar-refractivity contribution >= 4 is 17.9 Å². The van der Waals surface area contributed by atoms with Crippen molar-refractivity contribution in [2.75, 3.05) is 13.2 Å². The van der Waals surface area contributed by atoms with Gasteiger partial charge in [0, 0.05) is 19.3 Å². The minimum atomic E-state index is -0.765. The van der Waals surface area contributed by atoms with Gasteiger partial charge < -0.3 is 14.2 Å². The number of rotatable bonds is 60. The van der Waals surface area contributed by atoms with Gasteiger partial charge in [-0.2, -0.15) is 0 Å². The molecular formula is C65H124O6. The summed E-state index contributed by atoms with van der Waals surface area (Å²) >= 11 is 0. The highest BCUT2D eigenvalue weighted by Crippen LogP contribution is 2.18. The van der Waals surface area contributed by atoms with Gasteiger partial charge in [0.05, 0.1) is 0 Å². The van der Waals surface area contributed by atoms with Crippen LogP contribution in [-0.4, -0.2) is 37.2 Å². The van der Waals surface area contributed by atoms with E-state index in [2.05, 4.69) is 32.9 Å². The molecule has 0 spiro atoms. The van der Waals surface area contributed by atoms with Crippen molar-refractivity contribution in [3.05, 3.63) is 12.2 Å². The zero-order valence-corrected chi connectivity index (χ0v) is 48.3. The van der Waals surface area contributed by atoms with Gasteiger partial charge in [-0.1, -0.05) is 315 Å². The summed E-state index contributed by atoms with van der Waals surface area (Å²) < 4.78 is 16.9. The van der Waals surface area contributed by atoms with Crippen LogP contribution in [0.1, 0.15) is 367 Å². The Labute approximate surface area is 443 Å². The zero-order valence-electron chi connectivity index (χ0n) is 48.3. The number of allylic oxidation sites excluding steroid dienone is 2. The second-order valence-corrected chi connectivity index (χ2v) is 22.0. The van der Waals surface area contributed by atoms with Crippen LogP contribution >= 0.6 is 0 Å². The van der Waals surface area contributed by atoms with Crippen molar-refractivity contribution in [2.24, 2.45) is 0 Å². The highest BCUT2D eigenvalue weighted by molar-refractivity contribution is 5.71. The Morgan fingerprint density at radius 3 is 0.704 bits per heavy atom. The fraction of sp³-hybridized carbons (Fsp3) is 0.923. The molecule has 0 aliphatic carbocycles. The van der Waals surface area contributed by atoms with Crippen LogP contribution in [0.3, 0.4) is 0 Å². The largest absolute Gasteiger partial charge is 0.462 e. The van der Waals surface area contributed by atoms with Gasteiger partial charge in [-0.25, -0.2) is 0 Å².